The van der Waals surface area contributed by atoms with E-state index in [4.69, 9.17) is 0 Å². The summed E-state index contributed by atoms with van der Waals surface area (Å²) in [7, 11) is 0. The van der Waals surface area contributed by atoms with E-state index in [-0.39, 0.29) is 0 Å². The molecule has 0 N–H and O–H groups in total. The van der Waals surface area contributed by atoms with Crippen molar-refractivity contribution in [3.05, 3.63) is 41.7 Å². The van der Waals surface area contributed by atoms with Crippen LogP contribution in [0.5, 0.6) is 0 Å². The highest BCUT2D eigenvalue weighted by molar-refractivity contribution is 5.59. The van der Waals surface area contributed by atoms with E-state index in [1.54, 1.807) is 0 Å². The Morgan fingerprint density at radius 2 is 1.94 bits per heavy atom. The molecule has 0 spiro atoms. The van der Waals surface area contributed by atoms with Crippen LogP contribution in [0.4, 0.5) is 0 Å². The van der Waals surface area contributed by atoms with Crippen molar-refractivity contribution in [1.29, 1.82) is 0 Å². The summed E-state index contributed by atoms with van der Waals surface area (Å²) in [6.07, 6.45) is 5.50. The quantitative estimate of drug-likeness (QED) is 0.766. The van der Waals surface area contributed by atoms with Crippen molar-refractivity contribution in [3.63, 3.8) is 0 Å². The molecule has 2 aromatic heterocycles. The smallest absolute Gasteiger partial charge is 0.0485 e. The van der Waals surface area contributed by atoms with Gasteiger partial charge >= 0.3 is 0 Å². The van der Waals surface area contributed by atoms with Crippen LogP contribution in [0.1, 0.15) is 25.0 Å². The fourth-order valence-electron chi connectivity index (χ4n) is 2.45. The molecule has 0 saturated carbocycles. The van der Waals surface area contributed by atoms with Crippen LogP contribution in [0.3, 0.4) is 0 Å². The number of hydrogen-bond donors (Lipinski definition) is 0. The lowest BCUT2D eigenvalue weighted by atomic mass is 10.1. The van der Waals surface area contributed by atoms with E-state index in [1.807, 2.05) is 0 Å². The molecule has 0 bridgehead atoms. The van der Waals surface area contributed by atoms with E-state index in [0.29, 0.717) is 0 Å². The Morgan fingerprint density at radius 3 is 2.65 bits per heavy atom. The van der Waals surface area contributed by atoms with Crippen molar-refractivity contribution in [2.45, 2.75) is 27.2 Å². The van der Waals surface area contributed by atoms with Crippen LogP contribution in [0.15, 0.2) is 30.6 Å². The van der Waals surface area contributed by atoms with Crippen molar-refractivity contribution in [1.82, 2.24) is 9.30 Å². The van der Waals surface area contributed by atoms with E-state index in [0.717, 1.165) is 26.1 Å². The van der Waals surface area contributed by atoms with Gasteiger partial charge in [-0.2, -0.15) is 0 Å². The van der Waals surface area contributed by atoms with E-state index in [1.165, 1.54) is 16.6 Å². The van der Waals surface area contributed by atoms with Crippen LogP contribution in [-0.2, 0) is 6.42 Å². The molecule has 2 nitrogen and oxygen atoms in total. The second-order valence-corrected chi connectivity index (χ2v) is 4.56. The fraction of sp³-hybridized carbons (Fsp3) is 0.467. The van der Waals surface area contributed by atoms with Crippen molar-refractivity contribution < 1.29 is 0 Å². The van der Waals surface area contributed by atoms with Crippen LogP contribution in [0, 0.1) is 6.92 Å². The molecule has 0 aliphatic heterocycles. The molecule has 0 radical (unpaired) electrons. The summed E-state index contributed by atoms with van der Waals surface area (Å²) in [6, 6.07) is 6.42. The molecule has 0 atom stereocenters. The molecule has 0 amide bonds. The number of rotatable bonds is 5. The zero-order valence-electron chi connectivity index (χ0n) is 11.1. The molecular formula is C15H22N2. The molecule has 0 aliphatic carbocycles. The number of pyridine rings is 1. The number of aryl methyl sites for hydroxylation is 1. The van der Waals surface area contributed by atoms with Gasteiger partial charge in [-0.1, -0.05) is 19.9 Å². The van der Waals surface area contributed by atoms with E-state index < -0.39 is 0 Å². The van der Waals surface area contributed by atoms with Gasteiger partial charge in [0.05, 0.1) is 0 Å². The fourth-order valence-corrected chi connectivity index (χ4v) is 2.45. The highest BCUT2D eigenvalue weighted by atomic mass is 15.1. The summed E-state index contributed by atoms with van der Waals surface area (Å²) >= 11 is 0. The topological polar surface area (TPSA) is 7.65 Å². The molecule has 0 unspecified atom stereocenters. The first-order chi connectivity index (χ1) is 8.26. The first-order valence-electron chi connectivity index (χ1n) is 6.53. The molecule has 2 aromatic rings. The van der Waals surface area contributed by atoms with E-state index in [9.17, 15) is 0 Å². The molecule has 0 aliphatic rings. The predicted octanol–water partition coefficient (Wildman–Crippen LogP) is 3.13. The van der Waals surface area contributed by atoms with Gasteiger partial charge < -0.3 is 9.30 Å². The maximum Gasteiger partial charge on any atom is 0.0485 e. The Labute approximate surface area is 104 Å². The SMILES string of the molecule is CCN(CC)CCc1c(C)cn2ccccc12. The minimum absolute atomic E-state index is 1.14. The van der Waals surface area contributed by atoms with Gasteiger partial charge in [0.2, 0.25) is 0 Å². The summed E-state index contributed by atoms with van der Waals surface area (Å²) in [4.78, 5) is 2.48. The van der Waals surface area contributed by atoms with E-state index >= 15 is 0 Å². The number of nitrogens with zero attached hydrogens (tertiary/aromatic N) is 2. The molecule has 0 aromatic carbocycles. The van der Waals surface area contributed by atoms with Crippen LogP contribution in [0.2, 0.25) is 0 Å². The molecule has 17 heavy (non-hydrogen) atoms. The number of likely N-dealkylation sites (N-methyl/N-ethyl adjacent to an activating group) is 1. The van der Waals surface area contributed by atoms with Crippen molar-refractivity contribution in [3.8, 4) is 0 Å². The Kier molecular flexibility index (Phi) is 3.85. The Hall–Kier alpha value is -1.28. The zero-order valence-corrected chi connectivity index (χ0v) is 11.1. The number of hydrogen-bond acceptors (Lipinski definition) is 1. The minimum Gasteiger partial charge on any atom is -0.323 e. The van der Waals surface area contributed by atoms with Crippen molar-refractivity contribution in [2.24, 2.45) is 0 Å². The van der Waals surface area contributed by atoms with E-state index in [2.05, 4.69) is 60.7 Å². The molecule has 2 heteroatoms. The first kappa shape index (κ1) is 12.2. The summed E-state index contributed by atoms with van der Waals surface area (Å²) in [5.74, 6) is 0. The first-order valence-corrected chi connectivity index (χ1v) is 6.53. The average molecular weight is 230 g/mol. The molecule has 0 fully saturated rings. The Balaban J connectivity index is 2.20. The zero-order chi connectivity index (χ0) is 12.3. The third kappa shape index (κ3) is 2.52. The van der Waals surface area contributed by atoms with Gasteiger partial charge in [-0.25, -0.2) is 0 Å². The second-order valence-electron chi connectivity index (χ2n) is 4.56. The third-order valence-corrected chi connectivity index (χ3v) is 3.58. The lowest BCUT2D eigenvalue weighted by Gasteiger charge is -2.17. The largest absolute Gasteiger partial charge is 0.323 e. The summed E-state index contributed by atoms with van der Waals surface area (Å²) in [6.45, 7) is 10.1. The van der Waals surface area contributed by atoms with Crippen LogP contribution in [0.25, 0.3) is 5.52 Å². The van der Waals surface area contributed by atoms with Gasteiger partial charge in [-0.15, -0.1) is 0 Å². The van der Waals surface area contributed by atoms with Gasteiger partial charge in [0.1, 0.15) is 0 Å². The second kappa shape index (κ2) is 5.37. The van der Waals surface area contributed by atoms with Gasteiger partial charge in [-0.05, 0) is 49.7 Å². The summed E-state index contributed by atoms with van der Waals surface area (Å²) in [5, 5.41) is 0. The summed E-state index contributed by atoms with van der Waals surface area (Å²) in [5.41, 5.74) is 4.26. The lowest BCUT2D eigenvalue weighted by Crippen LogP contribution is -2.25. The Morgan fingerprint density at radius 1 is 1.18 bits per heavy atom. The third-order valence-electron chi connectivity index (χ3n) is 3.58. The monoisotopic (exact) mass is 230 g/mol. The van der Waals surface area contributed by atoms with Gasteiger partial charge in [0.15, 0.2) is 0 Å². The van der Waals surface area contributed by atoms with Gasteiger partial charge in [0, 0.05) is 24.5 Å². The summed E-state index contributed by atoms with van der Waals surface area (Å²) < 4.78 is 2.23. The van der Waals surface area contributed by atoms with Crippen molar-refractivity contribution in [2.75, 3.05) is 19.6 Å². The molecule has 2 rings (SSSR count). The maximum atomic E-state index is 2.48. The minimum atomic E-state index is 1.14. The van der Waals surface area contributed by atoms with Crippen molar-refractivity contribution >= 4 is 5.52 Å². The standard InChI is InChI=1S/C15H22N2/c1-4-16(5-2)11-9-14-13(3)12-17-10-7-6-8-15(14)17/h6-8,10,12H,4-5,9,11H2,1-3H3. The van der Waals surface area contributed by atoms with Crippen LogP contribution in [-0.4, -0.2) is 28.9 Å². The number of fused-ring (bicyclic) bond motifs is 1. The predicted molar refractivity (Wildman–Crippen MR) is 73.6 cm³/mol. The molecule has 0 saturated heterocycles. The normalized spacial score (nSPS) is 11.5. The number of aromatic nitrogens is 1. The lowest BCUT2D eigenvalue weighted by molar-refractivity contribution is 0.308. The van der Waals surface area contributed by atoms with Crippen LogP contribution < -0.4 is 0 Å². The average Bonchev–Trinajstić information content (AvgIpc) is 2.67. The maximum absolute atomic E-state index is 2.48. The van der Waals surface area contributed by atoms with Gasteiger partial charge in [-0.3, -0.25) is 0 Å². The highest BCUT2D eigenvalue weighted by Gasteiger charge is 2.08. The molecule has 92 valence electrons. The molecule has 2 heterocycles. The molecular weight excluding hydrogens is 208 g/mol. The highest BCUT2D eigenvalue weighted by Crippen LogP contribution is 2.18. The Bertz CT molecular complexity index is 481. The van der Waals surface area contributed by atoms with Gasteiger partial charge in [0.25, 0.3) is 0 Å². The van der Waals surface area contributed by atoms with Crippen LogP contribution >= 0.6 is 0 Å².